The second-order valence-corrected chi connectivity index (χ2v) is 9.00. The van der Waals surface area contributed by atoms with E-state index in [0.29, 0.717) is 29.0 Å². The molecule has 1 aromatic carbocycles. The number of amides is 1. The lowest BCUT2D eigenvalue weighted by Gasteiger charge is -2.22. The van der Waals surface area contributed by atoms with E-state index in [1.807, 2.05) is 4.90 Å². The summed E-state index contributed by atoms with van der Waals surface area (Å²) in [6.45, 7) is 6.08. The third kappa shape index (κ3) is 4.27. The Labute approximate surface area is 158 Å². The summed E-state index contributed by atoms with van der Waals surface area (Å²) in [5.41, 5.74) is -0.0271. The zero-order chi connectivity index (χ0) is 19.8. The van der Waals surface area contributed by atoms with E-state index in [1.165, 1.54) is 12.1 Å². The van der Waals surface area contributed by atoms with Crippen LogP contribution in [-0.2, 0) is 15.0 Å². The Kier molecular flexibility index (Phi) is 5.48. The molecule has 3 rings (SSSR count). The zero-order valence-electron chi connectivity index (χ0n) is 15.4. The molecule has 1 aromatic rings. The molecule has 1 atom stereocenters. The average molecular weight is 400 g/mol. The number of carbonyl (C=O) groups is 1. The molecule has 10 heteroatoms. The minimum absolute atomic E-state index is 0.286. The van der Waals surface area contributed by atoms with Crippen molar-refractivity contribution in [1.29, 1.82) is 0 Å². The smallest absolute Gasteiger partial charge is 0.326 e. The lowest BCUT2D eigenvalue weighted by atomic mass is 10.1. The van der Waals surface area contributed by atoms with Gasteiger partial charge in [-0.15, -0.1) is 0 Å². The van der Waals surface area contributed by atoms with Gasteiger partial charge in [-0.2, -0.15) is 8.42 Å². The number of aromatic hydroxyl groups is 1. The Balaban J connectivity index is 1.73. The van der Waals surface area contributed by atoms with Crippen molar-refractivity contribution in [2.45, 2.75) is 32.7 Å². The molecule has 150 valence electrons. The third-order valence-corrected chi connectivity index (χ3v) is 6.18. The van der Waals surface area contributed by atoms with Gasteiger partial charge in [-0.3, -0.25) is 4.79 Å². The summed E-state index contributed by atoms with van der Waals surface area (Å²) in [4.78, 5) is 13.3. The highest BCUT2D eigenvalue weighted by atomic mass is 32.2. The first-order chi connectivity index (χ1) is 12.7. The minimum Gasteiger partial charge on any atom is -0.506 e. The number of anilines is 2. The number of phenols is 1. The van der Waals surface area contributed by atoms with Crippen LogP contribution in [0.2, 0.25) is 0 Å². The summed E-state index contributed by atoms with van der Waals surface area (Å²) in [6.07, 6.45) is 1.98. The van der Waals surface area contributed by atoms with E-state index < -0.39 is 39.9 Å². The van der Waals surface area contributed by atoms with Gasteiger partial charge in [-0.1, -0.05) is 13.8 Å². The highest BCUT2D eigenvalue weighted by Crippen LogP contribution is 2.37. The van der Waals surface area contributed by atoms with Gasteiger partial charge in [0.25, 0.3) is 5.91 Å². The average Bonchev–Trinajstić information content (AvgIpc) is 3.10. The van der Waals surface area contributed by atoms with Gasteiger partial charge in [-0.25, -0.2) is 13.4 Å². The van der Waals surface area contributed by atoms with Crippen LogP contribution in [0.15, 0.2) is 12.1 Å². The van der Waals surface area contributed by atoms with E-state index in [4.69, 9.17) is 0 Å². The van der Waals surface area contributed by atoms with Gasteiger partial charge in [0.05, 0.1) is 0 Å². The molecule has 0 aromatic heterocycles. The Bertz CT molecular complexity index is 807. The molecule has 2 saturated heterocycles. The molecule has 2 fully saturated rings. The van der Waals surface area contributed by atoms with Crippen LogP contribution < -0.4 is 19.2 Å². The minimum atomic E-state index is -4.18. The van der Waals surface area contributed by atoms with Crippen LogP contribution in [0.3, 0.4) is 0 Å². The summed E-state index contributed by atoms with van der Waals surface area (Å²) in [5, 5.41) is 13.7. The lowest BCUT2D eigenvalue weighted by Crippen LogP contribution is -2.33. The number of hydrogen-bond acceptors (Lipinski definition) is 6. The first-order valence-electron chi connectivity index (χ1n) is 9.01. The van der Waals surface area contributed by atoms with E-state index >= 15 is 0 Å². The molecule has 8 nitrogen and oxygen atoms in total. The first kappa shape index (κ1) is 19.7. The Morgan fingerprint density at radius 3 is 2.74 bits per heavy atom. The van der Waals surface area contributed by atoms with Gasteiger partial charge in [0.2, 0.25) is 0 Å². The third-order valence-electron chi connectivity index (χ3n) is 4.81. The number of nitrogens with zero attached hydrogens (tertiary/aromatic N) is 2. The summed E-state index contributed by atoms with van der Waals surface area (Å²) in [5.74, 6) is -1.55. The number of phenolic OH excluding ortho intramolecular Hbond substituents is 1. The molecule has 2 aliphatic rings. The molecule has 1 amide bonds. The molecule has 27 heavy (non-hydrogen) atoms. The summed E-state index contributed by atoms with van der Waals surface area (Å²) >= 11 is 0. The molecule has 0 spiro atoms. The van der Waals surface area contributed by atoms with Gasteiger partial charge < -0.3 is 15.3 Å². The predicted molar refractivity (Wildman–Crippen MR) is 101 cm³/mol. The number of benzene rings is 1. The molecule has 0 unspecified atom stereocenters. The van der Waals surface area contributed by atoms with Crippen LogP contribution in [0.5, 0.6) is 5.75 Å². The normalized spacial score (nSPS) is 21.9. The molecule has 3 N–H and O–H groups in total. The standard InChI is InChI=1S/C17H25FN4O4S/c1-11(2)3-5-19-12-4-6-21(9-12)13-7-14(18)17(15(23)8-13)22-10-16(24)20-27(22,25)26/h7-8,11-12,19,23H,3-6,9-10H2,1-2H3,(H,20,24)/t12-/m1/s1. The highest BCUT2D eigenvalue weighted by molar-refractivity contribution is 7.92. The van der Waals surface area contributed by atoms with Crippen LogP contribution in [0.25, 0.3) is 0 Å². The molecular weight excluding hydrogens is 375 g/mol. The largest absolute Gasteiger partial charge is 0.506 e. The van der Waals surface area contributed by atoms with Gasteiger partial charge in [0, 0.05) is 30.9 Å². The van der Waals surface area contributed by atoms with E-state index in [9.17, 15) is 22.7 Å². The summed E-state index contributed by atoms with van der Waals surface area (Å²) in [6, 6.07) is 2.83. The zero-order valence-corrected chi connectivity index (χ0v) is 16.2. The van der Waals surface area contributed by atoms with Crippen LogP contribution in [0.4, 0.5) is 15.8 Å². The van der Waals surface area contributed by atoms with Crippen molar-refractivity contribution in [3.8, 4) is 5.75 Å². The van der Waals surface area contributed by atoms with Gasteiger partial charge in [0.15, 0.2) is 5.82 Å². The number of nitrogens with one attached hydrogen (secondary N) is 2. The Morgan fingerprint density at radius 2 is 2.15 bits per heavy atom. The molecule has 2 heterocycles. The molecule has 0 bridgehead atoms. The fourth-order valence-corrected chi connectivity index (χ4v) is 4.55. The van der Waals surface area contributed by atoms with E-state index in [1.54, 1.807) is 4.72 Å². The van der Waals surface area contributed by atoms with Crippen LogP contribution in [-0.4, -0.2) is 51.7 Å². The molecule has 0 aliphatic carbocycles. The van der Waals surface area contributed by atoms with Gasteiger partial charge in [-0.05, 0) is 31.4 Å². The molecular formula is C17H25FN4O4S. The Morgan fingerprint density at radius 1 is 1.41 bits per heavy atom. The monoisotopic (exact) mass is 400 g/mol. The van der Waals surface area contributed by atoms with Gasteiger partial charge in [0.1, 0.15) is 18.0 Å². The fraction of sp³-hybridized carbons (Fsp3) is 0.588. The summed E-state index contributed by atoms with van der Waals surface area (Å²) < 4.78 is 40.7. The van der Waals surface area contributed by atoms with E-state index in [0.717, 1.165) is 19.4 Å². The van der Waals surface area contributed by atoms with Crippen LogP contribution in [0, 0.1) is 11.7 Å². The van der Waals surface area contributed by atoms with Crippen molar-refractivity contribution in [1.82, 2.24) is 10.0 Å². The van der Waals surface area contributed by atoms with Crippen molar-refractivity contribution in [3.63, 3.8) is 0 Å². The lowest BCUT2D eigenvalue weighted by molar-refractivity contribution is -0.117. The number of carbonyl (C=O) groups excluding carboxylic acids is 1. The molecule has 0 saturated carbocycles. The highest BCUT2D eigenvalue weighted by Gasteiger charge is 2.37. The molecule has 2 aliphatic heterocycles. The van der Waals surface area contributed by atoms with Gasteiger partial charge >= 0.3 is 10.2 Å². The fourth-order valence-electron chi connectivity index (χ4n) is 3.38. The van der Waals surface area contributed by atoms with Crippen molar-refractivity contribution < 1.29 is 22.7 Å². The second kappa shape index (κ2) is 7.51. The first-order valence-corrected chi connectivity index (χ1v) is 10.5. The Hall–Kier alpha value is -2.07. The van der Waals surface area contributed by atoms with Crippen molar-refractivity contribution in [2.24, 2.45) is 5.92 Å². The van der Waals surface area contributed by atoms with Crippen LogP contribution in [0.1, 0.15) is 26.7 Å². The maximum absolute atomic E-state index is 14.6. The molecule has 0 radical (unpaired) electrons. The summed E-state index contributed by atoms with van der Waals surface area (Å²) in [7, 11) is -4.18. The quantitative estimate of drug-likeness (QED) is 0.657. The topological polar surface area (TPSA) is 102 Å². The predicted octanol–water partition coefficient (Wildman–Crippen LogP) is 0.927. The van der Waals surface area contributed by atoms with E-state index in [2.05, 4.69) is 19.2 Å². The van der Waals surface area contributed by atoms with Crippen molar-refractivity contribution in [2.75, 3.05) is 35.4 Å². The van der Waals surface area contributed by atoms with E-state index in [-0.39, 0.29) is 6.04 Å². The maximum atomic E-state index is 14.6. The SMILES string of the molecule is CC(C)CCN[C@@H]1CCN(c2cc(O)c(N3CC(=O)NS3(=O)=O)c(F)c2)C1. The van der Waals surface area contributed by atoms with Crippen molar-refractivity contribution in [3.05, 3.63) is 17.9 Å². The maximum Gasteiger partial charge on any atom is 0.326 e. The number of rotatable bonds is 6. The number of halogens is 1. The second-order valence-electron chi connectivity index (χ2n) is 7.40. The van der Waals surface area contributed by atoms with Crippen LogP contribution >= 0.6 is 0 Å². The van der Waals surface area contributed by atoms with Crippen molar-refractivity contribution >= 4 is 27.5 Å². The number of hydrogen-bond donors (Lipinski definition) is 3.